The molecule has 1 aliphatic heterocycles. The fourth-order valence-corrected chi connectivity index (χ4v) is 4.34. The van der Waals surface area contributed by atoms with Gasteiger partial charge < -0.3 is 9.88 Å². The molecule has 1 aromatic carbocycles. The zero-order valence-electron chi connectivity index (χ0n) is 16.8. The maximum absolute atomic E-state index is 13.4. The molecule has 0 spiro atoms. The number of benzene rings is 1. The lowest BCUT2D eigenvalue weighted by atomic mass is 10.1. The molecule has 10 heteroatoms. The van der Waals surface area contributed by atoms with Crippen LogP contribution in [0.3, 0.4) is 0 Å². The van der Waals surface area contributed by atoms with Gasteiger partial charge in [-0.3, -0.25) is 9.48 Å². The van der Waals surface area contributed by atoms with Crippen molar-refractivity contribution in [3.63, 3.8) is 0 Å². The lowest BCUT2D eigenvalue weighted by Gasteiger charge is -2.32. The summed E-state index contributed by atoms with van der Waals surface area (Å²) < 4.78 is 40.9. The van der Waals surface area contributed by atoms with E-state index >= 15 is 0 Å². The molecule has 1 amide bonds. The van der Waals surface area contributed by atoms with Gasteiger partial charge in [0.05, 0.1) is 34.1 Å². The summed E-state index contributed by atoms with van der Waals surface area (Å²) in [6.07, 6.45) is -0.738. The van der Waals surface area contributed by atoms with Crippen LogP contribution >= 0.6 is 11.6 Å². The van der Waals surface area contributed by atoms with Crippen LogP contribution in [0.4, 0.5) is 18.9 Å². The highest BCUT2D eigenvalue weighted by atomic mass is 35.5. The van der Waals surface area contributed by atoms with Crippen LogP contribution in [-0.2, 0) is 6.18 Å². The van der Waals surface area contributed by atoms with Crippen molar-refractivity contribution < 1.29 is 18.0 Å². The molecule has 0 unspecified atom stereocenters. The molecule has 1 fully saturated rings. The van der Waals surface area contributed by atoms with E-state index in [2.05, 4.69) is 10.1 Å². The number of rotatable bonds is 3. The summed E-state index contributed by atoms with van der Waals surface area (Å²) in [5.41, 5.74) is 1.89. The van der Waals surface area contributed by atoms with Gasteiger partial charge in [-0.15, -0.1) is 0 Å². The van der Waals surface area contributed by atoms with Crippen LogP contribution in [0, 0.1) is 6.92 Å². The average Bonchev–Trinajstić information content (AvgIpc) is 3.33. The molecule has 3 heterocycles. The van der Waals surface area contributed by atoms with Gasteiger partial charge in [-0.25, -0.2) is 4.98 Å². The van der Waals surface area contributed by atoms with E-state index in [1.54, 1.807) is 10.9 Å². The Kier molecular flexibility index (Phi) is 4.44. The zero-order chi connectivity index (χ0) is 22.1. The molecule has 0 saturated heterocycles. The quantitative estimate of drug-likeness (QED) is 0.586. The van der Waals surface area contributed by atoms with Crippen molar-refractivity contribution in [1.82, 2.24) is 19.7 Å². The van der Waals surface area contributed by atoms with Gasteiger partial charge in [0.15, 0.2) is 0 Å². The highest BCUT2D eigenvalue weighted by Crippen LogP contribution is 2.41. The van der Waals surface area contributed by atoms with Crippen LogP contribution in [0.2, 0.25) is 5.02 Å². The van der Waals surface area contributed by atoms with Crippen LogP contribution in [0.25, 0.3) is 11.3 Å². The van der Waals surface area contributed by atoms with Gasteiger partial charge in [-0.2, -0.15) is 18.3 Å². The lowest BCUT2D eigenvalue weighted by molar-refractivity contribution is -0.137. The van der Waals surface area contributed by atoms with E-state index in [1.165, 1.54) is 17.0 Å². The first-order chi connectivity index (χ1) is 14.6. The number of aryl methyl sites for hydroxylation is 1. The molecule has 5 rings (SSSR count). The maximum atomic E-state index is 13.4. The summed E-state index contributed by atoms with van der Waals surface area (Å²) in [6, 6.07) is 3.19. The average molecular weight is 450 g/mol. The molecule has 1 aliphatic carbocycles. The van der Waals surface area contributed by atoms with E-state index in [9.17, 15) is 18.0 Å². The number of halogens is 4. The molecule has 3 aromatic rings. The van der Waals surface area contributed by atoms with Crippen molar-refractivity contribution in [1.29, 1.82) is 0 Å². The first kappa shape index (κ1) is 20.1. The van der Waals surface area contributed by atoms with Crippen molar-refractivity contribution in [3.8, 4) is 11.3 Å². The van der Waals surface area contributed by atoms with Gasteiger partial charge in [0.25, 0.3) is 5.91 Å². The number of carbonyl (C=O) groups excluding carboxylic acids is 1. The standard InChI is InChI=1S/C21H19ClF3N5O/c1-10-9-29(13-5-6-15(16(22)7-13)21(23,24)25)20(31)18-14(8-26-30(10)18)17-11(2)27-19(28-17)12-3-4-12/h5-8,10,12H,3-4,9H2,1-2H3,(H,27,28)/t10-/m0/s1. The molecular formula is C21H19ClF3N5O. The molecule has 31 heavy (non-hydrogen) atoms. The van der Waals surface area contributed by atoms with E-state index in [1.807, 2.05) is 13.8 Å². The summed E-state index contributed by atoms with van der Waals surface area (Å²) in [7, 11) is 0. The summed E-state index contributed by atoms with van der Waals surface area (Å²) in [4.78, 5) is 22.9. The Morgan fingerprint density at radius 1 is 1.26 bits per heavy atom. The number of aromatic amines is 1. The molecule has 1 saturated carbocycles. The molecule has 162 valence electrons. The minimum atomic E-state index is -4.56. The van der Waals surface area contributed by atoms with Gasteiger partial charge in [-0.05, 0) is 44.9 Å². The number of hydrogen-bond donors (Lipinski definition) is 1. The highest BCUT2D eigenvalue weighted by Gasteiger charge is 2.37. The predicted molar refractivity (Wildman–Crippen MR) is 109 cm³/mol. The fraction of sp³-hybridized carbons (Fsp3) is 0.381. The first-order valence-electron chi connectivity index (χ1n) is 9.98. The Labute approximate surface area is 181 Å². The monoisotopic (exact) mass is 449 g/mol. The molecule has 2 aromatic heterocycles. The van der Waals surface area contributed by atoms with Crippen LogP contribution < -0.4 is 4.90 Å². The highest BCUT2D eigenvalue weighted by molar-refractivity contribution is 6.31. The SMILES string of the molecule is Cc1[nH]c(C2CC2)nc1-c1cnn2c1C(=O)N(c1ccc(C(F)(F)F)c(Cl)c1)C[C@@H]2C. The van der Waals surface area contributed by atoms with Gasteiger partial charge in [0.2, 0.25) is 0 Å². The number of amides is 1. The summed E-state index contributed by atoms with van der Waals surface area (Å²) >= 11 is 5.89. The van der Waals surface area contributed by atoms with E-state index in [0.717, 1.165) is 30.4 Å². The number of hydrogen-bond acceptors (Lipinski definition) is 3. The minimum absolute atomic E-state index is 0.176. The second-order valence-electron chi connectivity index (χ2n) is 8.15. The zero-order valence-corrected chi connectivity index (χ0v) is 17.6. The predicted octanol–water partition coefficient (Wildman–Crippen LogP) is 5.35. The number of anilines is 1. The molecule has 0 bridgehead atoms. The van der Waals surface area contributed by atoms with E-state index in [4.69, 9.17) is 16.6 Å². The smallest absolute Gasteiger partial charge is 0.345 e. The van der Waals surface area contributed by atoms with Crippen LogP contribution in [0.1, 0.15) is 59.3 Å². The number of fused-ring (bicyclic) bond motifs is 1. The molecule has 1 atom stereocenters. The number of nitrogens with one attached hydrogen (secondary N) is 1. The lowest BCUT2D eigenvalue weighted by Crippen LogP contribution is -2.42. The Balaban J connectivity index is 1.55. The molecule has 6 nitrogen and oxygen atoms in total. The Morgan fingerprint density at radius 2 is 2.00 bits per heavy atom. The molecular weight excluding hydrogens is 431 g/mol. The van der Waals surface area contributed by atoms with Gasteiger partial charge in [-0.1, -0.05) is 11.6 Å². The molecule has 2 aliphatic rings. The number of alkyl halides is 3. The van der Waals surface area contributed by atoms with Crippen molar-refractivity contribution in [2.24, 2.45) is 0 Å². The fourth-order valence-electron chi connectivity index (χ4n) is 4.06. The van der Waals surface area contributed by atoms with E-state index in [-0.39, 0.29) is 18.5 Å². The topological polar surface area (TPSA) is 66.8 Å². The third kappa shape index (κ3) is 3.31. The van der Waals surface area contributed by atoms with Crippen molar-refractivity contribution >= 4 is 23.2 Å². The first-order valence-corrected chi connectivity index (χ1v) is 10.4. The number of nitrogens with zero attached hydrogens (tertiary/aromatic N) is 4. The molecule has 1 N–H and O–H groups in total. The second kappa shape index (κ2) is 6.85. The Hall–Kier alpha value is -2.81. The Bertz CT molecular complexity index is 1190. The maximum Gasteiger partial charge on any atom is 0.417 e. The van der Waals surface area contributed by atoms with Crippen molar-refractivity contribution in [3.05, 3.63) is 52.2 Å². The number of aromatic nitrogens is 4. The molecule has 0 radical (unpaired) electrons. The summed E-state index contributed by atoms with van der Waals surface area (Å²) in [6.45, 7) is 4.07. The number of carbonyl (C=O) groups is 1. The number of imidazole rings is 1. The minimum Gasteiger partial charge on any atom is -0.345 e. The largest absolute Gasteiger partial charge is 0.417 e. The van der Waals surface area contributed by atoms with E-state index in [0.29, 0.717) is 28.6 Å². The van der Waals surface area contributed by atoms with Crippen LogP contribution in [0.5, 0.6) is 0 Å². The summed E-state index contributed by atoms with van der Waals surface area (Å²) in [5.74, 6) is 0.992. The van der Waals surface area contributed by atoms with Crippen LogP contribution in [-0.4, -0.2) is 32.2 Å². The van der Waals surface area contributed by atoms with Gasteiger partial charge in [0, 0.05) is 23.8 Å². The van der Waals surface area contributed by atoms with Crippen molar-refractivity contribution in [2.75, 3.05) is 11.4 Å². The van der Waals surface area contributed by atoms with Crippen molar-refractivity contribution in [2.45, 2.75) is 44.8 Å². The third-order valence-corrected chi connectivity index (χ3v) is 6.11. The Morgan fingerprint density at radius 3 is 2.65 bits per heavy atom. The van der Waals surface area contributed by atoms with E-state index < -0.39 is 16.8 Å². The third-order valence-electron chi connectivity index (χ3n) is 5.80. The normalized spacial score (nSPS) is 19.1. The number of H-pyrrole nitrogens is 1. The van der Waals surface area contributed by atoms with Gasteiger partial charge >= 0.3 is 6.18 Å². The van der Waals surface area contributed by atoms with Crippen LogP contribution in [0.15, 0.2) is 24.4 Å². The summed E-state index contributed by atoms with van der Waals surface area (Å²) in [5, 5.41) is 3.97. The van der Waals surface area contributed by atoms with Gasteiger partial charge in [0.1, 0.15) is 11.5 Å². The second-order valence-corrected chi connectivity index (χ2v) is 8.56.